The Morgan fingerprint density at radius 2 is 2.38 bits per heavy atom. The Morgan fingerprint density at radius 3 is 2.94 bits per heavy atom. The molecule has 2 aromatic rings. The minimum absolute atomic E-state index is 0.00809. The summed E-state index contributed by atoms with van der Waals surface area (Å²) in [5.74, 6) is 1.25. The van der Waals surface area contributed by atoms with Crippen molar-refractivity contribution in [1.82, 2.24) is 15.1 Å². The molecule has 16 heavy (non-hydrogen) atoms. The number of aromatic nitrogens is 3. The monoisotopic (exact) mass is 238 g/mol. The third-order valence-corrected chi connectivity index (χ3v) is 3.08. The van der Waals surface area contributed by atoms with E-state index in [1.165, 1.54) is 11.3 Å². The largest absolute Gasteiger partial charge is 0.339 e. The smallest absolute Gasteiger partial charge is 0.231 e. The topological polar surface area (TPSA) is 77.8 Å². The van der Waals surface area contributed by atoms with E-state index in [1.807, 2.05) is 12.3 Å². The van der Waals surface area contributed by atoms with Crippen LogP contribution in [-0.4, -0.2) is 21.2 Å². The molecule has 2 aromatic heterocycles. The molecular formula is C10H14N4OS. The van der Waals surface area contributed by atoms with E-state index in [9.17, 15) is 0 Å². The van der Waals surface area contributed by atoms with E-state index in [2.05, 4.69) is 22.0 Å². The fourth-order valence-electron chi connectivity index (χ4n) is 1.58. The molecule has 0 fully saturated rings. The lowest BCUT2D eigenvalue weighted by Gasteiger charge is -2.13. The molecule has 5 nitrogen and oxygen atoms in total. The van der Waals surface area contributed by atoms with Crippen LogP contribution in [0.15, 0.2) is 15.4 Å². The zero-order chi connectivity index (χ0) is 11.5. The standard InChI is InChI=1S/C10H14N4OS/c1-3-7(6(2)11)10-13-9(14-15-10)8-4-16-5-12-8/h4-7H,3,11H2,1-2H3. The van der Waals surface area contributed by atoms with Gasteiger partial charge < -0.3 is 10.3 Å². The highest BCUT2D eigenvalue weighted by Gasteiger charge is 2.21. The molecule has 2 unspecified atom stereocenters. The van der Waals surface area contributed by atoms with Crippen molar-refractivity contribution in [1.29, 1.82) is 0 Å². The lowest BCUT2D eigenvalue weighted by molar-refractivity contribution is 0.334. The summed E-state index contributed by atoms with van der Waals surface area (Å²) in [5.41, 5.74) is 8.36. The summed E-state index contributed by atoms with van der Waals surface area (Å²) in [6, 6.07) is 0.00809. The van der Waals surface area contributed by atoms with Gasteiger partial charge in [-0.2, -0.15) is 4.98 Å². The van der Waals surface area contributed by atoms with Gasteiger partial charge in [-0.25, -0.2) is 4.98 Å². The minimum Gasteiger partial charge on any atom is -0.339 e. The molecule has 2 rings (SSSR count). The predicted octanol–water partition coefficient (Wildman–Crippen LogP) is 2.03. The Hall–Kier alpha value is -1.27. The maximum Gasteiger partial charge on any atom is 0.231 e. The number of nitrogens with zero attached hydrogens (tertiary/aromatic N) is 3. The summed E-state index contributed by atoms with van der Waals surface area (Å²) in [5, 5.41) is 5.80. The van der Waals surface area contributed by atoms with Gasteiger partial charge in [0.1, 0.15) is 5.69 Å². The van der Waals surface area contributed by atoms with Crippen molar-refractivity contribution in [2.75, 3.05) is 0 Å². The zero-order valence-corrected chi connectivity index (χ0v) is 10.1. The van der Waals surface area contributed by atoms with Crippen LogP contribution >= 0.6 is 11.3 Å². The van der Waals surface area contributed by atoms with Gasteiger partial charge in [0.05, 0.1) is 11.4 Å². The van der Waals surface area contributed by atoms with E-state index >= 15 is 0 Å². The van der Waals surface area contributed by atoms with Gasteiger partial charge in [-0.15, -0.1) is 11.3 Å². The van der Waals surface area contributed by atoms with Crippen LogP contribution in [0.3, 0.4) is 0 Å². The van der Waals surface area contributed by atoms with Crippen LogP contribution in [0.4, 0.5) is 0 Å². The molecule has 0 spiro atoms. The van der Waals surface area contributed by atoms with Crippen molar-refractivity contribution in [2.24, 2.45) is 5.73 Å². The third kappa shape index (κ3) is 2.12. The van der Waals surface area contributed by atoms with Crippen molar-refractivity contribution in [3.8, 4) is 11.5 Å². The third-order valence-electron chi connectivity index (χ3n) is 2.49. The van der Waals surface area contributed by atoms with E-state index in [0.717, 1.165) is 12.1 Å². The molecule has 0 bridgehead atoms. The van der Waals surface area contributed by atoms with Crippen LogP contribution in [0.1, 0.15) is 32.1 Å². The lowest BCUT2D eigenvalue weighted by atomic mass is 9.99. The van der Waals surface area contributed by atoms with Crippen molar-refractivity contribution in [3.63, 3.8) is 0 Å². The summed E-state index contributed by atoms with van der Waals surface area (Å²) in [4.78, 5) is 8.46. The maximum absolute atomic E-state index is 5.87. The van der Waals surface area contributed by atoms with E-state index in [0.29, 0.717) is 11.7 Å². The molecule has 2 N–H and O–H groups in total. The maximum atomic E-state index is 5.87. The first kappa shape index (κ1) is 11.2. The van der Waals surface area contributed by atoms with E-state index in [1.54, 1.807) is 5.51 Å². The highest BCUT2D eigenvalue weighted by atomic mass is 32.1. The van der Waals surface area contributed by atoms with Gasteiger partial charge in [-0.3, -0.25) is 0 Å². The molecule has 0 saturated heterocycles. The number of thiazole rings is 1. The minimum atomic E-state index is 0.00809. The number of hydrogen-bond acceptors (Lipinski definition) is 6. The lowest BCUT2D eigenvalue weighted by Crippen LogP contribution is -2.24. The van der Waals surface area contributed by atoms with Gasteiger partial charge in [-0.05, 0) is 13.3 Å². The molecule has 0 aromatic carbocycles. The van der Waals surface area contributed by atoms with Crippen molar-refractivity contribution in [3.05, 3.63) is 16.8 Å². The summed E-state index contributed by atoms with van der Waals surface area (Å²) < 4.78 is 5.23. The van der Waals surface area contributed by atoms with Gasteiger partial charge >= 0.3 is 0 Å². The average Bonchev–Trinajstić information content (AvgIpc) is 2.86. The summed E-state index contributed by atoms with van der Waals surface area (Å²) in [6.07, 6.45) is 0.885. The van der Waals surface area contributed by atoms with Crippen LogP contribution in [0.25, 0.3) is 11.5 Å². The van der Waals surface area contributed by atoms with Gasteiger partial charge in [0.25, 0.3) is 0 Å². The summed E-state index contributed by atoms with van der Waals surface area (Å²) in [7, 11) is 0. The fraction of sp³-hybridized carbons (Fsp3) is 0.500. The molecule has 2 heterocycles. The number of hydrogen-bond donors (Lipinski definition) is 1. The molecule has 0 amide bonds. The SMILES string of the molecule is CCC(c1nc(-c2cscn2)no1)C(C)N. The molecule has 0 saturated carbocycles. The summed E-state index contributed by atoms with van der Waals surface area (Å²) in [6.45, 7) is 4.00. The van der Waals surface area contributed by atoms with Crippen LogP contribution in [0.5, 0.6) is 0 Å². The fourth-order valence-corrected chi connectivity index (χ4v) is 2.11. The second-order valence-electron chi connectivity index (χ2n) is 3.70. The molecular weight excluding hydrogens is 224 g/mol. The van der Waals surface area contributed by atoms with E-state index < -0.39 is 0 Å². The normalized spacial score (nSPS) is 14.9. The molecule has 0 aliphatic carbocycles. The van der Waals surface area contributed by atoms with E-state index in [4.69, 9.17) is 10.3 Å². The van der Waals surface area contributed by atoms with Crippen LogP contribution in [0.2, 0.25) is 0 Å². The average molecular weight is 238 g/mol. The Morgan fingerprint density at radius 1 is 1.56 bits per heavy atom. The van der Waals surface area contributed by atoms with Crippen molar-refractivity contribution in [2.45, 2.75) is 32.2 Å². The second kappa shape index (κ2) is 4.71. The Bertz CT molecular complexity index is 437. The first-order chi connectivity index (χ1) is 7.72. The highest BCUT2D eigenvalue weighted by Crippen LogP contribution is 2.23. The van der Waals surface area contributed by atoms with Gasteiger partial charge in [0, 0.05) is 11.4 Å². The Kier molecular flexibility index (Phi) is 3.31. The molecule has 86 valence electrons. The predicted molar refractivity (Wildman–Crippen MR) is 62.1 cm³/mol. The first-order valence-electron chi connectivity index (χ1n) is 5.20. The molecule has 0 aliphatic rings. The molecule has 0 radical (unpaired) electrons. The Balaban J connectivity index is 2.25. The van der Waals surface area contributed by atoms with E-state index in [-0.39, 0.29) is 12.0 Å². The van der Waals surface area contributed by atoms with Gasteiger partial charge in [0.2, 0.25) is 11.7 Å². The van der Waals surface area contributed by atoms with Gasteiger partial charge in [0.15, 0.2) is 0 Å². The molecule has 2 atom stereocenters. The van der Waals surface area contributed by atoms with Crippen molar-refractivity contribution >= 4 is 11.3 Å². The van der Waals surface area contributed by atoms with Crippen LogP contribution in [-0.2, 0) is 0 Å². The highest BCUT2D eigenvalue weighted by molar-refractivity contribution is 7.07. The second-order valence-corrected chi connectivity index (χ2v) is 4.42. The Labute approximate surface area is 97.7 Å². The number of nitrogens with two attached hydrogens (primary N) is 1. The molecule has 0 aliphatic heterocycles. The quantitative estimate of drug-likeness (QED) is 0.881. The van der Waals surface area contributed by atoms with Crippen LogP contribution < -0.4 is 5.73 Å². The first-order valence-corrected chi connectivity index (χ1v) is 6.14. The zero-order valence-electron chi connectivity index (χ0n) is 9.25. The van der Waals surface area contributed by atoms with Gasteiger partial charge in [-0.1, -0.05) is 12.1 Å². The molecule has 6 heteroatoms. The van der Waals surface area contributed by atoms with Crippen molar-refractivity contribution < 1.29 is 4.52 Å². The summed E-state index contributed by atoms with van der Waals surface area (Å²) >= 11 is 1.51. The van der Waals surface area contributed by atoms with Crippen LogP contribution in [0, 0.1) is 0 Å². The number of rotatable bonds is 4.